The van der Waals surface area contributed by atoms with E-state index < -0.39 is 21.5 Å². The lowest BCUT2D eigenvalue weighted by Gasteiger charge is -2.44. The van der Waals surface area contributed by atoms with Gasteiger partial charge in [-0.05, 0) is 25.2 Å². The Kier molecular flexibility index (Phi) is 5.10. The smallest absolute Gasteiger partial charge is 0.150 e. The van der Waals surface area contributed by atoms with Gasteiger partial charge in [-0.3, -0.25) is 0 Å². The van der Waals surface area contributed by atoms with Crippen LogP contribution in [-0.4, -0.2) is 57.1 Å². The van der Waals surface area contributed by atoms with Gasteiger partial charge in [-0.25, -0.2) is 8.42 Å². The Morgan fingerprint density at radius 3 is 2.50 bits per heavy atom. The highest BCUT2D eigenvalue weighted by Crippen LogP contribution is 2.39. The molecule has 3 unspecified atom stereocenters. The fourth-order valence-corrected chi connectivity index (χ4v) is 4.82. The summed E-state index contributed by atoms with van der Waals surface area (Å²) in [5, 5.41) is 10.4. The second-order valence-electron chi connectivity index (χ2n) is 6.20. The molecule has 0 aromatic heterocycles. The topological polar surface area (TPSA) is 72.8 Å². The van der Waals surface area contributed by atoms with Gasteiger partial charge in [-0.2, -0.15) is 0 Å². The van der Waals surface area contributed by atoms with Crippen LogP contribution in [0.5, 0.6) is 0 Å². The van der Waals surface area contributed by atoms with Gasteiger partial charge in [-0.1, -0.05) is 6.42 Å². The Balaban J connectivity index is 2.09. The van der Waals surface area contributed by atoms with Crippen LogP contribution < -0.4 is 0 Å². The van der Waals surface area contributed by atoms with E-state index in [1.807, 2.05) is 0 Å². The zero-order chi connectivity index (χ0) is 14.8. The SMILES string of the molecule is COC1(C(O)C2CCCC(S(C)(=O)=O)C2)CCOCC1. The highest BCUT2D eigenvalue weighted by Gasteiger charge is 2.45. The normalized spacial score (nSPS) is 32.8. The third-order valence-electron chi connectivity index (χ3n) is 5.00. The van der Waals surface area contributed by atoms with Crippen LogP contribution >= 0.6 is 0 Å². The highest BCUT2D eigenvalue weighted by atomic mass is 32.2. The molecule has 0 bridgehead atoms. The molecule has 118 valence electrons. The van der Waals surface area contributed by atoms with Crippen molar-refractivity contribution < 1.29 is 23.0 Å². The van der Waals surface area contributed by atoms with Crippen LogP contribution in [0, 0.1) is 5.92 Å². The van der Waals surface area contributed by atoms with Gasteiger partial charge in [0.15, 0.2) is 0 Å². The van der Waals surface area contributed by atoms with Gasteiger partial charge in [-0.15, -0.1) is 0 Å². The zero-order valence-corrected chi connectivity index (χ0v) is 13.2. The number of hydrogen-bond acceptors (Lipinski definition) is 5. The maximum absolute atomic E-state index is 11.7. The molecule has 0 spiro atoms. The quantitative estimate of drug-likeness (QED) is 0.843. The molecule has 0 aromatic rings. The minimum atomic E-state index is -3.03. The first-order chi connectivity index (χ1) is 9.39. The second-order valence-corrected chi connectivity index (χ2v) is 8.53. The summed E-state index contributed by atoms with van der Waals surface area (Å²) in [6, 6.07) is 0. The van der Waals surface area contributed by atoms with Crippen LogP contribution in [0.3, 0.4) is 0 Å². The van der Waals surface area contributed by atoms with Gasteiger partial charge in [0, 0.05) is 39.4 Å². The third-order valence-corrected chi connectivity index (χ3v) is 6.64. The summed E-state index contributed by atoms with van der Waals surface area (Å²) in [5.41, 5.74) is -0.567. The summed E-state index contributed by atoms with van der Waals surface area (Å²) in [7, 11) is -1.40. The number of ether oxygens (including phenoxy) is 2. The molecule has 20 heavy (non-hydrogen) atoms. The number of aliphatic hydroxyl groups is 1. The molecule has 1 aliphatic heterocycles. The van der Waals surface area contributed by atoms with Gasteiger partial charge in [0.1, 0.15) is 9.84 Å². The summed E-state index contributed by atoms with van der Waals surface area (Å²) in [5.74, 6) is 0.00141. The van der Waals surface area contributed by atoms with Crippen LogP contribution in [0.15, 0.2) is 0 Å². The summed E-state index contributed by atoms with van der Waals surface area (Å²) < 4.78 is 34.5. The first-order valence-corrected chi connectivity index (χ1v) is 9.34. The van der Waals surface area contributed by atoms with E-state index in [0.29, 0.717) is 38.9 Å². The molecule has 2 fully saturated rings. The molecule has 1 aliphatic carbocycles. The zero-order valence-electron chi connectivity index (χ0n) is 12.4. The van der Waals surface area contributed by atoms with Crippen molar-refractivity contribution in [3.63, 3.8) is 0 Å². The predicted molar refractivity (Wildman–Crippen MR) is 76.4 cm³/mol. The van der Waals surface area contributed by atoms with E-state index in [2.05, 4.69) is 0 Å². The molecule has 1 N–H and O–H groups in total. The van der Waals surface area contributed by atoms with Crippen LogP contribution in [0.2, 0.25) is 0 Å². The van der Waals surface area contributed by atoms with Gasteiger partial charge in [0.2, 0.25) is 0 Å². The monoisotopic (exact) mass is 306 g/mol. The molecule has 6 heteroatoms. The molecular formula is C14H26O5S. The fourth-order valence-electron chi connectivity index (χ4n) is 3.62. The van der Waals surface area contributed by atoms with Crippen molar-refractivity contribution in [1.29, 1.82) is 0 Å². The van der Waals surface area contributed by atoms with Crippen molar-refractivity contribution in [1.82, 2.24) is 0 Å². The molecule has 0 aromatic carbocycles. The molecule has 2 rings (SSSR count). The van der Waals surface area contributed by atoms with Gasteiger partial charge >= 0.3 is 0 Å². The summed E-state index contributed by atoms with van der Waals surface area (Å²) in [6.45, 7) is 1.18. The molecule has 0 radical (unpaired) electrons. The van der Waals surface area contributed by atoms with Crippen LogP contribution in [0.25, 0.3) is 0 Å². The first-order valence-electron chi connectivity index (χ1n) is 7.39. The molecule has 5 nitrogen and oxygen atoms in total. The molecule has 0 amide bonds. The van der Waals surface area contributed by atoms with E-state index in [1.165, 1.54) is 6.26 Å². The van der Waals surface area contributed by atoms with Crippen molar-refractivity contribution in [2.75, 3.05) is 26.6 Å². The van der Waals surface area contributed by atoms with E-state index in [0.717, 1.165) is 12.8 Å². The van der Waals surface area contributed by atoms with Crippen molar-refractivity contribution in [3.05, 3.63) is 0 Å². The molecular weight excluding hydrogens is 280 g/mol. The number of aliphatic hydroxyl groups excluding tert-OH is 1. The number of methoxy groups -OCH3 is 1. The minimum absolute atomic E-state index is 0.00141. The van der Waals surface area contributed by atoms with E-state index >= 15 is 0 Å². The van der Waals surface area contributed by atoms with Crippen molar-refractivity contribution in [2.24, 2.45) is 5.92 Å². The molecule has 1 saturated carbocycles. The summed E-state index contributed by atoms with van der Waals surface area (Å²) in [4.78, 5) is 0. The lowest BCUT2D eigenvalue weighted by atomic mass is 9.75. The predicted octanol–water partition coefficient (Wildman–Crippen LogP) is 1.15. The third kappa shape index (κ3) is 3.35. The van der Waals surface area contributed by atoms with Crippen molar-refractivity contribution in [2.45, 2.75) is 55.5 Å². The average molecular weight is 306 g/mol. The Hall–Kier alpha value is -0.170. The van der Waals surface area contributed by atoms with Crippen LogP contribution in [0.1, 0.15) is 38.5 Å². The molecule has 1 saturated heterocycles. The van der Waals surface area contributed by atoms with Crippen molar-refractivity contribution >= 4 is 9.84 Å². The summed E-state index contributed by atoms with van der Waals surface area (Å²) >= 11 is 0. The lowest BCUT2D eigenvalue weighted by Crippen LogP contribution is -2.53. The molecule has 3 atom stereocenters. The Labute approximate surface area is 121 Å². The van der Waals surface area contributed by atoms with E-state index in [4.69, 9.17) is 9.47 Å². The second kappa shape index (κ2) is 6.30. The number of rotatable bonds is 4. The van der Waals surface area contributed by atoms with E-state index in [1.54, 1.807) is 7.11 Å². The lowest BCUT2D eigenvalue weighted by molar-refractivity contribution is -0.170. The van der Waals surface area contributed by atoms with Gasteiger partial charge in [0.05, 0.1) is 17.0 Å². The number of sulfone groups is 1. The maximum Gasteiger partial charge on any atom is 0.150 e. The van der Waals surface area contributed by atoms with E-state index in [9.17, 15) is 13.5 Å². The van der Waals surface area contributed by atoms with Crippen LogP contribution in [0.4, 0.5) is 0 Å². The first kappa shape index (κ1) is 16.2. The molecule has 2 aliphatic rings. The average Bonchev–Trinajstić information content (AvgIpc) is 2.46. The Bertz CT molecular complexity index is 413. The summed E-state index contributed by atoms with van der Waals surface area (Å²) in [6.07, 6.45) is 5.02. The Morgan fingerprint density at radius 1 is 1.30 bits per heavy atom. The fraction of sp³-hybridized carbons (Fsp3) is 1.00. The van der Waals surface area contributed by atoms with Gasteiger partial charge in [0.25, 0.3) is 0 Å². The largest absolute Gasteiger partial charge is 0.390 e. The Morgan fingerprint density at radius 2 is 1.95 bits per heavy atom. The van der Waals surface area contributed by atoms with Crippen LogP contribution in [-0.2, 0) is 19.3 Å². The molecule has 1 heterocycles. The standard InChI is InChI=1S/C14H26O5S/c1-18-14(6-8-19-9-7-14)13(15)11-4-3-5-12(10-11)20(2,16)17/h11-13,15H,3-10H2,1-2H3. The highest BCUT2D eigenvalue weighted by molar-refractivity contribution is 7.91. The minimum Gasteiger partial charge on any atom is -0.390 e. The van der Waals surface area contributed by atoms with Crippen molar-refractivity contribution in [3.8, 4) is 0 Å². The van der Waals surface area contributed by atoms with E-state index in [-0.39, 0.29) is 11.2 Å². The maximum atomic E-state index is 11.7. The van der Waals surface area contributed by atoms with Gasteiger partial charge < -0.3 is 14.6 Å². The number of hydrogen-bond donors (Lipinski definition) is 1.